The van der Waals surface area contributed by atoms with Crippen molar-refractivity contribution in [3.05, 3.63) is 58.7 Å². The molecule has 0 saturated carbocycles. The Bertz CT molecular complexity index is 802. The van der Waals surface area contributed by atoms with E-state index in [1.54, 1.807) is 26.4 Å². The summed E-state index contributed by atoms with van der Waals surface area (Å²) in [7, 11) is 3.14. The highest BCUT2D eigenvalue weighted by Crippen LogP contribution is 2.27. The molecule has 0 spiro atoms. The number of hydrogen-bond donors (Lipinski definition) is 2. The number of methoxy groups -OCH3 is 2. The molecule has 2 rings (SSSR count). The average molecular weight is 356 g/mol. The fourth-order valence-corrected chi connectivity index (χ4v) is 2.62. The molecular formula is C20H24N2O4. The zero-order valence-corrected chi connectivity index (χ0v) is 15.5. The molecule has 0 heterocycles. The number of benzene rings is 2. The van der Waals surface area contributed by atoms with Crippen LogP contribution in [0.25, 0.3) is 0 Å². The van der Waals surface area contributed by atoms with E-state index in [1.807, 2.05) is 38.1 Å². The third kappa shape index (κ3) is 4.99. The summed E-state index contributed by atoms with van der Waals surface area (Å²) in [6.07, 6.45) is 0.758. The zero-order valence-electron chi connectivity index (χ0n) is 15.5. The molecule has 26 heavy (non-hydrogen) atoms. The minimum absolute atomic E-state index is 0.239. The summed E-state index contributed by atoms with van der Waals surface area (Å²) in [4.78, 5) is 24.1. The van der Waals surface area contributed by atoms with Gasteiger partial charge in [0.2, 0.25) is 5.91 Å². The summed E-state index contributed by atoms with van der Waals surface area (Å²) >= 11 is 0. The number of amides is 2. The molecule has 2 aromatic carbocycles. The summed E-state index contributed by atoms with van der Waals surface area (Å²) in [5, 5.41) is 0. The van der Waals surface area contributed by atoms with Crippen LogP contribution in [0.1, 0.15) is 33.5 Å². The van der Waals surface area contributed by atoms with Crippen LogP contribution < -0.4 is 20.3 Å². The van der Waals surface area contributed by atoms with Gasteiger partial charge in [0.25, 0.3) is 5.91 Å². The van der Waals surface area contributed by atoms with Crippen molar-refractivity contribution in [2.75, 3.05) is 14.2 Å². The largest absolute Gasteiger partial charge is 0.493 e. The molecule has 0 aromatic heterocycles. The van der Waals surface area contributed by atoms with Gasteiger partial charge in [-0.25, -0.2) is 0 Å². The Kier molecular flexibility index (Phi) is 6.60. The molecule has 0 radical (unpaired) electrons. The molecule has 138 valence electrons. The molecule has 0 unspecified atom stereocenters. The molecule has 0 bridgehead atoms. The van der Waals surface area contributed by atoms with E-state index in [0.29, 0.717) is 23.5 Å². The molecule has 0 fully saturated rings. The monoisotopic (exact) mass is 356 g/mol. The van der Waals surface area contributed by atoms with E-state index in [1.165, 1.54) is 0 Å². The van der Waals surface area contributed by atoms with Crippen molar-refractivity contribution in [3.63, 3.8) is 0 Å². The standard InChI is InChI=1S/C20H24N2O4/c1-13-5-8-16(14(2)11-13)20(24)22-21-19(23)10-7-15-6-9-17(25-3)18(12-15)26-4/h5-6,8-9,11-12H,7,10H2,1-4H3,(H,21,23)(H,22,24). The third-order valence-electron chi connectivity index (χ3n) is 4.03. The molecule has 2 amide bonds. The van der Waals surface area contributed by atoms with E-state index in [4.69, 9.17) is 9.47 Å². The Morgan fingerprint density at radius 3 is 2.31 bits per heavy atom. The topological polar surface area (TPSA) is 76.7 Å². The highest BCUT2D eigenvalue weighted by atomic mass is 16.5. The lowest BCUT2D eigenvalue weighted by molar-refractivity contribution is -0.121. The van der Waals surface area contributed by atoms with Gasteiger partial charge in [0, 0.05) is 12.0 Å². The summed E-state index contributed by atoms with van der Waals surface area (Å²) in [5.41, 5.74) is 8.33. The summed E-state index contributed by atoms with van der Waals surface area (Å²) in [5.74, 6) is 0.662. The number of carbonyl (C=O) groups excluding carboxylic acids is 2. The van der Waals surface area contributed by atoms with Crippen LogP contribution in [-0.4, -0.2) is 26.0 Å². The van der Waals surface area contributed by atoms with Crippen molar-refractivity contribution in [2.45, 2.75) is 26.7 Å². The number of nitrogens with one attached hydrogen (secondary N) is 2. The van der Waals surface area contributed by atoms with Crippen LogP contribution in [0.5, 0.6) is 11.5 Å². The number of hydrogen-bond acceptors (Lipinski definition) is 4. The number of carbonyl (C=O) groups is 2. The Hall–Kier alpha value is -3.02. The van der Waals surface area contributed by atoms with Crippen molar-refractivity contribution in [1.29, 1.82) is 0 Å². The molecule has 6 nitrogen and oxygen atoms in total. The van der Waals surface area contributed by atoms with E-state index >= 15 is 0 Å². The van der Waals surface area contributed by atoms with Crippen molar-refractivity contribution < 1.29 is 19.1 Å². The maximum Gasteiger partial charge on any atom is 0.269 e. The van der Waals surface area contributed by atoms with Gasteiger partial charge >= 0.3 is 0 Å². The van der Waals surface area contributed by atoms with Crippen LogP contribution in [-0.2, 0) is 11.2 Å². The number of rotatable bonds is 6. The van der Waals surface area contributed by atoms with Crippen LogP contribution in [0.3, 0.4) is 0 Å². The number of ether oxygens (including phenoxy) is 2. The van der Waals surface area contributed by atoms with Gasteiger partial charge in [0.1, 0.15) is 0 Å². The van der Waals surface area contributed by atoms with Gasteiger partial charge in [-0.1, -0.05) is 23.8 Å². The van der Waals surface area contributed by atoms with Gasteiger partial charge in [0.05, 0.1) is 14.2 Å². The summed E-state index contributed by atoms with van der Waals surface area (Å²) < 4.78 is 10.4. The molecule has 0 aliphatic carbocycles. The van der Waals surface area contributed by atoms with Crippen LogP contribution in [0.4, 0.5) is 0 Å². The second-order valence-electron chi connectivity index (χ2n) is 6.01. The third-order valence-corrected chi connectivity index (χ3v) is 4.03. The SMILES string of the molecule is COc1ccc(CCC(=O)NNC(=O)c2ccc(C)cc2C)cc1OC. The van der Waals surface area contributed by atoms with Crippen LogP contribution in [0, 0.1) is 13.8 Å². The quantitative estimate of drug-likeness (QED) is 0.780. The molecule has 0 saturated heterocycles. The summed E-state index contributed by atoms with van der Waals surface area (Å²) in [6.45, 7) is 3.82. The predicted octanol–water partition coefficient (Wildman–Crippen LogP) is 2.71. The van der Waals surface area contributed by atoms with E-state index in [0.717, 1.165) is 16.7 Å². The molecule has 2 N–H and O–H groups in total. The first-order valence-electron chi connectivity index (χ1n) is 8.32. The second kappa shape index (κ2) is 8.89. The van der Waals surface area contributed by atoms with Gasteiger partial charge < -0.3 is 9.47 Å². The van der Waals surface area contributed by atoms with Crippen LogP contribution in [0.2, 0.25) is 0 Å². The van der Waals surface area contributed by atoms with E-state index in [2.05, 4.69) is 10.9 Å². The molecule has 6 heteroatoms. The highest BCUT2D eigenvalue weighted by molar-refractivity contribution is 5.96. The summed E-state index contributed by atoms with van der Waals surface area (Å²) in [6, 6.07) is 11.0. The van der Waals surface area contributed by atoms with Crippen molar-refractivity contribution >= 4 is 11.8 Å². The van der Waals surface area contributed by atoms with E-state index in [-0.39, 0.29) is 18.2 Å². The fourth-order valence-electron chi connectivity index (χ4n) is 2.62. The van der Waals surface area contributed by atoms with Gasteiger partial charge in [-0.2, -0.15) is 0 Å². The Balaban J connectivity index is 1.86. The van der Waals surface area contributed by atoms with Crippen molar-refractivity contribution in [3.8, 4) is 11.5 Å². The Labute approximate surface area is 153 Å². The Morgan fingerprint density at radius 2 is 1.65 bits per heavy atom. The zero-order chi connectivity index (χ0) is 19.1. The number of hydrazine groups is 1. The normalized spacial score (nSPS) is 10.2. The lowest BCUT2D eigenvalue weighted by Gasteiger charge is -2.11. The molecule has 0 aliphatic rings. The minimum Gasteiger partial charge on any atom is -0.493 e. The maximum atomic E-state index is 12.2. The first kappa shape index (κ1) is 19.3. The maximum absolute atomic E-state index is 12.2. The van der Waals surface area contributed by atoms with Gasteiger partial charge in [-0.15, -0.1) is 0 Å². The molecular weight excluding hydrogens is 332 g/mol. The molecule has 0 atom stereocenters. The molecule has 0 aliphatic heterocycles. The van der Waals surface area contributed by atoms with E-state index < -0.39 is 0 Å². The number of aryl methyl sites for hydroxylation is 3. The fraction of sp³-hybridized carbons (Fsp3) is 0.300. The lowest BCUT2D eigenvalue weighted by Crippen LogP contribution is -2.41. The minimum atomic E-state index is -0.332. The van der Waals surface area contributed by atoms with Crippen LogP contribution >= 0.6 is 0 Å². The first-order chi connectivity index (χ1) is 12.4. The first-order valence-corrected chi connectivity index (χ1v) is 8.32. The average Bonchev–Trinajstić information content (AvgIpc) is 2.64. The smallest absolute Gasteiger partial charge is 0.269 e. The van der Waals surface area contributed by atoms with Crippen LogP contribution in [0.15, 0.2) is 36.4 Å². The van der Waals surface area contributed by atoms with Gasteiger partial charge in [-0.3, -0.25) is 20.4 Å². The predicted molar refractivity (Wildman–Crippen MR) is 99.4 cm³/mol. The van der Waals surface area contributed by atoms with E-state index in [9.17, 15) is 9.59 Å². The lowest BCUT2D eigenvalue weighted by atomic mass is 10.1. The van der Waals surface area contributed by atoms with Gasteiger partial charge in [-0.05, 0) is 49.6 Å². The van der Waals surface area contributed by atoms with Gasteiger partial charge in [0.15, 0.2) is 11.5 Å². The van der Waals surface area contributed by atoms with Crippen molar-refractivity contribution in [1.82, 2.24) is 10.9 Å². The Morgan fingerprint density at radius 1 is 0.923 bits per heavy atom. The highest BCUT2D eigenvalue weighted by Gasteiger charge is 2.11. The molecule has 2 aromatic rings. The van der Waals surface area contributed by atoms with Crippen molar-refractivity contribution in [2.24, 2.45) is 0 Å². The second-order valence-corrected chi connectivity index (χ2v) is 6.01.